The Kier molecular flexibility index (Phi) is 5.48. The molecule has 1 N–H and O–H groups in total. The highest BCUT2D eigenvalue weighted by molar-refractivity contribution is 7.25. The van der Waals surface area contributed by atoms with Crippen molar-refractivity contribution in [3.05, 3.63) is 88.5 Å². The topological polar surface area (TPSA) is 76.9 Å². The van der Waals surface area contributed by atoms with Crippen LogP contribution in [0.5, 0.6) is 0 Å². The van der Waals surface area contributed by atoms with E-state index in [9.17, 15) is 9.59 Å². The number of hydrogen-bond acceptors (Lipinski definition) is 5. The van der Waals surface area contributed by atoms with Crippen LogP contribution in [-0.2, 0) is 17.8 Å². The molecule has 0 unspecified atom stereocenters. The van der Waals surface area contributed by atoms with E-state index >= 15 is 0 Å². The Labute approximate surface area is 194 Å². The number of aromatic nitrogens is 3. The van der Waals surface area contributed by atoms with Crippen LogP contribution in [0.4, 0.5) is 5.69 Å². The van der Waals surface area contributed by atoms with E-state index in [2.05, 4.69) is 10.3 Å². The van der Waals surface area contributed by atoms with Gasteiger partial charge in [0.05, 0.1) is 11.2 Å². The number of para-hydroxylation sites is 1. The lowest BCUT2D eigenvalue weighted by Crippen LogP contribution is -2.30. The number of pyridine rings is 1. The van der Waals surface area contributed by atoms with Crippen molar-refractivity contribution in [2.45, 2.75) is 26.8 Å². The third kappa shape index (κ3) is 3.91. The van der Waals surface area contributed by atoms with E-state index in [0.29, 0.717) is 16.0 Å². The maximum Gasteiger partial charge on any atom is 0.272 e. The maximum atomic E-state index is 13.3. The van der Waals surface area contributed by atoms with Gasteiger partial charge in [-0.05, 0) is 37.1 Å². The highest BCUT2D eigenvalue weighted by Crippen LogP contribution is 2.31. The molecule has 0 aliphatic carbocycles. The van der Waals surface area contributed by atoms with E-state index in [0.717, 1.165) is 39.1 Å². The number of hydrogen-bond donors (Lipinski definition) is 1. The Morgan fingerprint density at radius 1 is 1.00 bits per heavy atom. The van der Waals surface area contributed by atoms with Crippen molar-refractivity contribution in [3.63, 3.8) is 0 Å². The summed E-state index contributed by atoms with van der Waals surface area (Å²) in [5, 5.41) is 3.78. The van der Waals surface area contributed by atoms with Crippen LogP contribution < -0.4 is 10.9 Å². The fourth-order valence-electron chi connectivity index (χ4n) is 3.95. The molecule has 164 valence electrons. The van der Waals surface area contributed by atoms with Crippen molar-refractivity contribution >= 4 is 43.4 Å². The number of amides is 1. The van der Waals surface area contributed by atoms with Crippen LogP contribution in [-0.4, -0.2) is 20.4 Å². The standard InChI is InChI=1S/C26H22N4O2S/c1-3-17-9-7-8-12-20(17)28-22(31)15-30-16(2)27-23-19-13-14-21(18-10-5-4-6-11-18)29-25(19)33-24(23)26(30)32/h4-14H,3,15H2,1-2H3,(H,28,31). The summed E-state index contributed by atoms with van der Waals surface area (Å²) >= 11 is 1.32. The molecule has 0 aliphatic rings. The number of anilines is 1. The summed E-state index contributed by atoms with van der Waals surface area (Å²) in [5.74, 6) is 0.242. The molecular formula is C26H22N4O2S. The van der Waals surface area contributed by atoms with Crippen molar-refractivity contribution in [1.29, 1.82) is 0 Å². The molecule has 5 aromatic rings. The average molecular weight is 455 g/mol. The summed E-state index contributed by atoms with van der Waals surface area (Å²) in [5.41, 5.74) is 4.10. The Bertz CT molecular complexity index is 1550. The number of thiophene rings is 1. The van der Waals surface area contributed by atoms with Crippen LogP contribution in [0.3, 0.4) is 0 Å². The molecule has 0 spiro atoms. The van der Waals surface area contributed by atoms with Crippen LogP contribution in [0.1, 0.15) is 18.3 Å². The first kappa shape index (κ1) is 21.0. The number of carbonyl (C=O) groups excluding carboxylic acids is 1. The van der Waals surface area contributed by atoms with Crippen LogP contribution in [0, 0.1) is 6.92 Å². The largest absolute Gasteiger partial charge is 0.324 e. The molecule has 0 atom stereocenters. The molecule has 3 aromatic heterocycles. The lowest BCUT2D eigenvalue weighted by Gasteiger charge is -2.12. The number of nitrogens with zero attached hydrogens (tertiary/aromatic N) is 3. The van der Waals surface area contributed by atoms with E-state index in [1.807, 2.05) is 73.7 Å². The van der Waals surface area contributed by atoms with Crippen LogP contribution in [0.25, 0.3) is 31.7 Å². The number of fused-ring (bicyclic) bond motifs is 3. The molecule has 0 radical (unpaired) electrons. The Morgan fingerprint density at radius 2 is 1.76 bits per heavy atom. The third-order valence-corrected chi connectivity index (χ3v) is 6.75. The lowest BCUT2D eigenvalue weighted by molar-refractivity contribution is -0.116. The van der Waals surface area contributed by atoms with Gasteiger partial charge in [0.25, 0.3) is 5.56 Å². The monoisotopic (exact) mass is 454 g/mol. The third-order valence-electron chi connectivity index (χ3n) is 5.68. The summed E-state index contributed by atoms with van der Waals surface area (Å²) in [7, 11) is 0. The van der Waals surface area contributed by atoms with Gasteiger partial charge in [0.2, 0.25) is 5.91 Å². The van der Waals surface area contributed by atoms with E-state index in [1.165, 1.54) is 15.9 Å². The lowest BCUT2D eigenvalue weighted by atomic mass is 10.1. The molecule has 0 aliphatic heterocycles. The van der Waals surface area contributed by atoms with Crippen LogP contribution >= 0.6 is 11.3 Å². The summed E-state index contributed by atoms with van der Waals surface area (Å²) < 4.78 is 1.94. The van der Waals surface area contributed by atoms with Gasteiger partial charge in [0, 0.05) is 16.6 Å². The molecule has 2 aromatic carbocycles. The minimum atomic E-state index is -0.257. The first-order chi connectivity index (χ1) is 16.0. The summed E-state index contributed by atoms with van der Waals surface area (Å²) in [6, 6.07) is 21.5. The second-order valence-corrected chi connectivity index (χ2v) is 8.80. The molecular weight excluding hydrogens is 432 g/mol. The fraction of sp³-hybridized carbons (Fsp3) is 0.154. The molecule has 0 fully saturated rings. The SMILES string of the molecule is CCc1ccccc1NC(=O)Cn1c(C)nc2c(sc3nc(-c4ccccc4)ccc32)c1=O. The van der Waals surface area contributed by atoms with E-state index in [1.54, 1.807) is 6.92 Å². The molecule has 0 saturated carbocycles. The molecule has 3 heterocycles. The zero-order valence-corrected chi connectivity index (χ0v) is 19.1. The van der Waals surface area contributed by atoms with Crippen molar-refractivity contribution in [3.8, 4) is 11.3 Å². The van der Waals surface area contributed by atoms with Crippen molar-refractivity contribution in [2.75, 3.05) is 5.32 Å². The second-order valence-electron chi connectivity index (χ2n) is 7.80. The summed E-state index contributed by atoms with van der Waals surface area (Å²) in [4.78, 5) is 36.3. The minimum Gasteiger partial charge on any atom is -0.324 e. The van der Waals surface area contributed by atoms with Gasteiger partial charge in [-0.3, -0.25) is 14.2 Å². The van der Waals surface area contributed by atoms with Gasteiger partial charge in [-0.25, -0.2) is 9.97 Å². The van der Waals surface area contributed by atoms with Gasteiger partial charge in [-0.15, -0.1) is 11.3 Å². The molecule has 0 bridgehead atoms. The smallest absolute Gasteiger partial charge is 0.272 e. The van der Waals surface area contributed by atoms with Gasteiger partial charge in [0.1, 0.15) is 21.9 Å². The van der Waals surface area contributed by atoms with E-state index in [4.69, 9.17) is 4.98 Å². The molecule has 5 rings (SSSR count). The predicted molar refractivity (Wildman–Crippen MR) is 134 cm³/mol. The minimum absolute atomic E-state index is 0.0946. The van der Waals surface area contributed by atoms with Crippen molar-refractivity contribution in [2.24, 2.45) is 0 Å². The molecule has 1 amide bonds. The number of benzene rings is 2. The normalized spacial score (nSPS) is 11.2. The zero-order valence-electron chi connectivity index (χ0n) is 18.3. The van der Waals surface area contributed by atoms with E-state index in [-0.39, 0.29) is 18.0 Å². The first-order valence-electron chi connectivity index (χ1n) is 10.8. The van der Waals surface area contributed by atoms with Gasteiger partial charge < -0.3 is 5.32 Å². The molecule has 33 heavy (non-hydrogen) atoms. The molecule has 0 saturated heterocycles. The number of carbonyl (C=O) groups is 1. The quantitative estimate of drug-likeness (QED) is 0.397. The van der Waals surface area contributed by atoms with Gasteiger partial charge in [0.15, 0.2) is 0 Å². The predicted octanol–water partition coefficient (Wildman–Crippen LogP) is 5.18. The van der Waals surface area contributed by atoms with Crippen molar-refractivity contribution in [1.82, 2.24) is 14.5 Å². The van der Waals surface area contributed by atoms with E-state index < -0.39 is 0 Å². The average Bonchev–Trinajstić information content (AvgIpc) is 3.20. The Balaban J connectivity index is 1.51. The fourth-order valence-corrected chi connectivity index (χ4v) is 5.02. The zero-order chi connectivity index (χ0) is 22.9. The van der Waals surface area contributed by atoms with Crippen LogP contribution in [0.2, 0.25) is 0 Å². The second kappa shape index (κ2) is 8.60. The van der Waals surface area contributed by atoms with Crippen molar-refractivity contribution < 1.29 is 4.79 Å². The summed E-state index contributed by atoms with van der Waals surface area (Å²) in [6.45, 7) is 3.70. The Hall–Kier alpha value is -3.84. The highest BCUT2D eigenvalue weighted by Gasteiger charge is 2.17. The number of aryl methyl sites for hydroxylation is 2. The van der Waals surface area contributed by atoms with Gasteiger partial charge >= 0.3 is 0 Å². The van der Waals surface area contributed by atoms with Gasteiger partial charge in [-0.2, -0.15) is 0 Å². The Morgan fingerprint density at radius 3 is 2.55 bits per heavy atom. The number of nitrogens with one attached hydrogen (secondary N) is 1. The number of rotatable bonds is 5. The van der Waals surface area contributed by atoms with Gasteiger partial charge in [-0.1, -0.05) is 55.5 Å². The summed E-state index contributed by atoms with van der Waals surface area (Å²) in [6.07, 6.45) is 0.808. The maximum absolute atomic E-state index is 13.3. The molecule has 7 heteroatoms. The first-order valence-corrected chi connectivity index (χ1v) is 11.6. The molecule has 6 nitrogen and oxygen atoms in total. The highest BCUT2D eigenvalue weighted by atomic mass is 32.1. The van der Waals surface area contributed by atoms with Crippen LogP contribution in [0.15, 0.2) is 71.5 Å².